The average molecular weight is 365 g/mol. The van der Waals surface area contributed by atoms with Gasteiger partial charge < -0.3 is 0 Å². The van der Waals surface area contributed by atoms with Gasteiger partial charge in [-0.15, -0.1) is 0 Å². The molecule has 1 aliphatic heterocycles. The number of amides is 2. The highest BCUT2D eigenvalue weighted by atomic mass is 35.5. The summed E-state index contributed by atoms with van der Waals surface area (Å²) in [4.78, 5) is 42.2. The van der Waals surface area contributed by atoms with E-state index < -0.39 is 24.1 Å². The predicted octanol–water partition coefficient (Wildman–Crippen LogP) is 2.98. The fourth-order valence-electron chi connectivity index (χ4n) is 2.73. The molecule has 26 heavy (non-hydrogen) atoms. The van der Waals surface area contributed by atoms with Gasteiger partial charge in [-0.25, -0.2) is 0 Å². The number of hydrogen-bond acceptors (Lipinski definition) is 4. The number of rotatable bonds is 3. The molecule has 128 valence electrons. The minimum atomic E-state index is -0.494. The number of carbonyl (C=O) groups excluding carboxylic acids is 3. The molecule has 0 unspecified atom stereocenters. The largest absolute Gasteiger partial charge is 0.290 e. The zero-order valence-electron chi connectivity index (χ0n) is 13.7. The number of imide groups is 1. The lowest BCUT2D eigenvalue weighted by molar-refractivity contribution is 0.0623. The van der Waals surface area contributed by atoms with Crippen LogP contribution in [-0.4, -0.2) is 34.0 Å². The van der Waals surface area contributed by atoms with E-state index in [1.807, 2.05) is 0 Å². The Labute approximate surface area is 155 Å². The third-order valence-electron chi connectivity index (χ3n) is 4.28. The number of hydrogen-bond donors (Lipinski definition) is 0. The molecule has 2 heterocycles. The average Bonchev–Trinajstić information content (AvgIpc) is 3.44. The number of nitrogens with zero attached hydrogens (tertiary/aromatic N) is 2. The molecular formula is C20H13ClN2O3. The van der Waals surface area contributed by atoms with E-state index in [-0.39, 0.29) is 10.7 Å². The molecule has 5 nitrogen and oxygen atoms in total. The molecule has 1 aromatic carbocycles. The summed E-state index contributed by atoms with van der Waals surface area (Å²) in [5.74, 6) is 5.07. The first kappa shape index (κ1) is 16.5. The molecule has 0 spiro atoms. The highest BCUT2D eigenvalue weighted by Gasteiger charge is 2.36. The van der Waals surface area contributed by atoms with E-state index in [9.17, 15) is 14.4 Å². The molecule has 1 aliphatic carbocycles. The lowest BCUT2D eigenvalue weighted by atomic mass is 10.1. The summed E-state index contributed by atoms with van der Waals surface area (Å²) in [6.07, 6.45) is 3.72. The summed E-state index contributed by atoms with van der Waals surface area (Å²) in [6.45, 7) is -0.397. The van der Waals surface area contributed by atoms with Crippen LogP contribution in [-0.2, 0) is 0 Å². The summed E-state index contributed by atoms with van der Waals surface area (Å²) in [6, 6.07) is 8.07. The number of fused-ring (bicyclic) bond motifs is 1. The zero-order chi connectivity index (χ0) is 18.3. The van der Waals surface area contributed by atoms with Crippen LogP contribution >= 0.6 is 11.6 Å². The van der Waals surface area contributed by atoms with Crippen molar-refractivity contribution >= 4 is 29.2 Å². The second-order valence-electron chi connectivity index (χ2n) is 6.26. The summed E-state index contributed by atoms with van der Waals surface area (Å²) in [5, 5.41) is 0.161. The van der Waals surface area contributed by atoms with Gasteiger partial charge >= 0.3 is 0 Å². The van der Waals surface area contributed by atoms with Crippen molar-refractivity contribution in [2.24, 2.45) is 5.92 Å². The van der Waals surface area contributed by atoms with Crippen LogP contribution in [0.15, 0.2) is 36.5 Å². The monoisotopic (exact) mass is 364 g/mol. The second kappa shape index (κ2) is 6.40. The van der Waals surface area contributed by atoms with Crippen molar-refractivity contribution in [3.63, 3.8) is 0 Å². The Bertz CT molecular complexity index is 980. The van der Waals surface area contributed by atoms with Crippen LogP contribution in [0.3, 0.4) is 0 Å². The molecule has 0 bridgehead atoms. The molecule has 1 fully saturated rings. The van der Waals surface area contributed by atoms with Crippen LogP contribution < -0.4 is 0 Å². The normalized spacial score (nSPS) is 15.5. The number of benzene rings is 1. The van der Waals surface area contributed by atoms with E-state index in [4.69, 9.17) is 11.6 Å². The van der Waals surface area contributed by atoms with Gasteiger partial charge in [0.05, 0.1) is 22.7 Å². The Morgan fingerprint density at radius 3 is 2.42 bits per heavy atom. The molecule has 1 saturated carbocycles. The van der Waals surface area contributed by atoms with E-state index in [0.29, 0.717) is 22.6 Å². The first-order chi connectivity index (χ1) is 12.5. The number of carbonyl (C=O) groups is 3. The first-order valence-corrected chi connectivity index (χ1v) is 8.58. The molecule has 0 N–H and O–H groups in total. The van der Waals surface area contributed by atoms with Gasteiger partial charge in [-0.1, -0.05) is 35.6 Å². The Balaban J connectivity index is 1.53. The smallest absolute Gasteiger partial charge is 0.261 e. The van der Waals surface area contributed by atoms with Gasteiger partial charge in [0.2, 0.25) is 5.78 Å². The first-order valence-electron chi connectivity index (χ1n) is 8.20. The van der Waals surface area contributed by atoms with Crippen LogP contribution in [0.2, 0.25) is 5.02 Å². The van der Waals surface area contributed by atoms with Crippen molar-refractivity contribution in [2.75, 3.05) is 6.54 Å². The Hall–Kier alpha value is -2.97. The van der Waals surface area contributed by atoms with Crippen molar-refractivity contribution in [2.45, 2.75) is 12.8 Å². The van der Waals surface area contributed by atoms with Gasteiger partial charge in [0.1, 0.15) is 5.69 Å². The number of halogens is 1. The van der Waals surface area contributed by atoms with Crippen molar-refractivity contribution in [1.82, 2.24) is 9.88 Å². The van der Waals surface area contributed by atoms with Crippen LogP contribution in [0.25, 0.3) is 0 Å². The molecule has 2 aliphatic rings. The molecule has 6 heteroatoms. The fraction of sp³-hybridized carbons (Fsp3) is 0.200. The number of Topliss-reactive ketones (excluding diaryl/α,β-unsaturated/α-hetero) is 1. The third kappa shape index (κ3) is 3.00. The predicted molar refractivity (Wildman–Crippen MR) is 95.0 cm³/mol. The maximum absolute atomic E-state index is 12.5. The number of ketones is 1. The molecule has 1 aromatic heterocycles. The van der Waals surface area contributed by atoms with Gasteiger partial charge in [-0.2, -0.15) is 0 Å². The second-order valence-corrected chi connectivity index (χ2v) is 6.67. The Morgan fingerprint density at radius 1 is 1.19 bits per heavy atom. The topological polar surface area (TPSA) is 67.3 Å². The van der Waals surface area contributed by atoms with E-state index in [2.05, 4.69) is 16.8 Å². The van der Waals surface area contributed by atoms with Crippen LogP contribution in [0.4, 0.5) is 0 Å². The van der Waals surface area contributed by atoms with Gasteiger partial charge in [-0.3, -0.25) is 24.3 Å². The molecular weight excluding hydrogens is 352 g/mol. The van der Waals surface area contributed by atoms with Crippen LogP contribution in [0.1, 0.15) is 49.6 Å². The van der Waals surface area contributed by atoms with E-state index in [0.717, 1.165) is 17.7 Å². The quantitative estimate of drug-likeness (QED) is 0.477. The molecule has 0 radical (unpaired) electrons. The van der Waals surface area contributed by atoms with Crippen molar-refractivity contribution in [3.8, 4) is 11.8 Å². The lowest BCUT2D eigenvalue weighted by Gasteiger charge is -2.13. The van der Waals surface area contributed by atoms with Crippen molar-refractivity contribution in [1.29, 1.82) is 0 Å². The molecule has 2 aromatic rings. The molecule has 2 amide bonds. The standard InChI is InChI=1S/C20H13ClN2O3/c21-16-9-13(8-7-12-5-6-12)10-22-18(16)17(24)11-23-19(25)14-3-1-2-4-15(14)20(23)26/h1-4,9-10,12H,5-6,11H2. The Kier molecular flexibility index (Phi) is 4.06. The van der Waals surface area contributed by atoms with Crippen molar-refractivity contribution in [3.05, 3.63) is 63.9 Å². The molecule has 0 saturated heterocycles. The lowest BCUT2D eigenvalue weighted by Crippen LogP contribution is -2.35. The van der Waals surface area contributed by atoms with Crippen LogP contribution in [0, 0.1) is 17.8 Å². The highest BCUT2D eigenvalue weighted by molar-refractivity contribution is 6.34. The maximum atomic E-state index is 12.5. The van der Waals surface area contributed by atoms with Gasteiger partial charge in [0.25, 0.3) is 11.8 Å². The van der Waals surface area contributed by atoms with Gasteiger partial charge in [0, 0.05) is 17.7 Å². The summed E-state index contributed by atoms with van der Waals surface area (Å²) < 4.78 is 0. The maximum Gasteiger partial charge on any atom is 0.261 e. The minimum absolute atomic E-state index is 0.0280. The number of aromatic nitrogens is 1. The Morgan fingerprint density at radius 2 is 1.85 bits per heavy atom. The summed E-state index contributed by atoms with van der Waals surface area (Å²) in [7, 11) is 0. The zero-order valence-corrected chi connectivity index (χ0v) is 14.4. The SMILES string of the molecule is O=C(CN1C(=O)c2ccccc2C1=O)c1ncc(C#CC2CC2)cc1Cl. The molecule has 0 atom stereocenters. The van der Waals surface area contributed by atoms with Gasteiger partial charge in [-0.05, 0) is 31.0 Å². The van der Waals surface area contributed by atoms with E-state index >= 15 is 0 Å². The van der Waals surface area contributed by atoms with Gasteiger partial charge in [0.15, 0.2) is 0 Å². The molecule has 4 rings (SSSR count). The third-order valence-corrected chi connectivity index (χ3v) is 4.57. The number of pyridine rings is 1. The fourth-order valence-corrected chi connectivity index (χ4v) is 3.00. The van der Waals surface area contributed by atoms with Crippen LogP contribution in [0.5, 0.6) is 0 Å². The summed E-state index contributed by atoms with van der Waals surface area (Å²) >= 11 is 6.16. The minimum Gasteiger partial charge on any atom is -0.290 e. The highest BCUT2D eigenvalue weighted by Crippen LogP contribution is 2.28. The summed E-state index contributed by atoms with van der Waals surface area (Å²) in [5.41, 5.74) is 1.27. The van der Waals surface area contributed by atoms with Crippen molar-refractivity contribution < 1.29 is 14.4 Å². The van der Waals surface area contributed by atoms with E-state index in [1.165, 1.54) is 6.20 Å². The van der Waals surface area contributed by atoms with E-state index in [1.54, 1.807) is 30.3 Å².